The minimum Gasteiger partial charge on any atom is -0.493 e. The van der Waals surface area contributed by atoms with Crippen LogP contribution >= 0.6 is 0 Å². The summed E-state index contributed by atoms with van der Waals surface area (Å²) in [6, 6.07) is 18.4. The zero-order chi connectivity index (χ0) is 14.2. The molecule has 3 atom stereocenters. The summed E-state index contributed by atoms with van der Waals surface area (Å²) in [4.78, 5) is 12.9. The molecule has 2 nitrogen and oxygen atoms in total. The molecule has 1 aliphatic heterocycles. The molecule has 0 radical (unpaired) electrons. The average Bonchev–Trinajstić information content (AvgIpc) is 3.35. The van der Waals surface area contributed by atoms with E-state index in [0.29, 0.717) is 18.3 Å². The van der Waals surface area contributed by atoms with E-state index in [9.17, 15) is 4.79 Å². The number of para-hydroxylation sites is 1. The fraction of sp³-hybridized carbons (Fsp3) is 0.316. The van der Waals surface area contributed by atoms with Gasteiger partial charge >= 0.3 is 0 Å². The average molecular weight is 278 g/mol. The first kappa shape index (κ1) is 12.6. The van der Waals surface area contributed by atoms with Crippen LogP contribution in [0.4, 0.5) is 0 Å². The number of carbonyl (C=O) groups is 1. The predicted molar refractivity (Wildman–Crippen MR) is 81.6 cm³/mol. The van der Waals surface area contributed by atoms with Crippen LogP contribution in [0.25, 0.3) is 0 Å². The number of rotatable bonds is 3. The molecule has 0 aromatic heterocycles. The van der Waals surface area contributed by atoms with Gasteiger partial charge in [0.25, 0.3) is 0 Å². The molecule has 4 rings (SSSR count). The minimum absolute atomic E-state index is 0.0219. The van der Waals surface area contributed by atoms with Crippen molar-refractivity contribution >= 4 is 5.78 Å². The summed E-state index contributed by atoms with van der Waals surface area (Å²) in [5.41, 5.74) is 2.38. The maximum Gasteiger partial charge on any atom is 0.144 e. The Kier molecular flexibility index (Phi) is 3.03. The Morgan fingerprint density at radius 3 is 2.62 bits per heavy atom. The molecule has 0 bridgehead atoms. The lowest BCUT2D eigenvalue weighted by molar-refractivity contribution is -0.122. The van der Waals surface area contributed by atoms with Gasteiger partial charge in [-0.05, 0) is 30.4 Å². The Morgan fingerprint density at radius 1 is 1.00 bits per heavy atom. The quantitative estimate of drug-likeness (QED) is 0.850. The molecule has 0 spiro atoms. The highest BCUT2D eigenvalue weighted by Crippen LogP contribution is 2.51. The number of ether oxygens (including phenoxy) is 1. The standard InChI is InChI=1S/C19H18O2/c20-19(17-12-16(17)13-6-2-1-3-7-13)15-10-11-21-18-9-5-4-8-14(15)18/h1-9,15-17H,10-12H2. The first-order valence-electron chi connectivity index (χ1n) is 7.65. The van der Waals surface area contributed by atoms with E-state index in [2.05, 4.69) is 24.3 Å². The maximum atomic E-state index is 12.9. The summed E-state index contributed by atoms with van der Waals surface area (Å²) in [6.45, 7) is 0.649. The van der Waals surface area contributed by atoms with Gasteiger partial charge in [0.05, 0.1) is 6.61 Å². The SMILES string of the molecule is O=C(C1CCOc2ccccc21)C1CC1c1ccccc1. The molecule has 1 saturated carbocycles. The molecule has 1 fully saturated rings. The molecule has 0 N–H and O–H groups in total. The fourth-order valence-electron chi connectivity index (χ4n) is 3.47. The van der Waals surface area contributed by atoms with Crippen LogP contribution in [0.15, 0.2) is 54.6 Å². The van der Waals surface area contributed by atoms with E-state index < -0.39 is 0 Å². The van der Waals surface area contributed by atoms with E-state index in [1.165, 1.54) is 5.56 Å². The van der Waals surface area contributed by atoms with Crippen molar-refractivity contribution in [2.75, 3.05) is 6.61 Å². The number of Topliss-reactive ketones (excluding diaryl/α,β-unsaturated/α-hetero) is 1. The second kappa shape index (κ2) is 5.03. The van der Waals surface area contributed by atoms with Crippen LogP contribution in [0.5, 0.6) is 5.75 Å². The van der Waals surface area contributed by atoms with Gasteiger partial charge in [-0.25, -0.2) is 0 Å². The molecule has 0 amide bonds. The van der Waals surface area contributed by atoms with E-state index in [1.54, 1.807) is 0 Å². The van der Waals surface area contributed by atoms with E-state index >= 15 is 0 Å². The van der Waals surface area contributed by atoms with Crippen molar-refractivity contribution in [1.82, 2.24) is 0 Å². The summed E-state index contributed by atoms with van der Waals surface area (Å²) in [5, 5.41) is 0. The van der Waals surface area contributed by atoms with Crippen molar-refractivity contribution in [3.63, 3.8) is 0 Å². The van der Waals surface area contributed by atoms with Crippen molar-refractivity contribution in [3.05, 3.63) is 65.7 Å². The topological polar surface area (TPSA) is 26.3 Å². The van der Waals surface area contributed by atoms with Gasteiger partial charge in [0.1, 0.15) is 11.5 Å². The third-order valence-electron chi connectivity index (χ3n) is 4.69. The first-order chi connectivity index (χ1) is 10.3. The number of benzene rings is 2. The van der Waals surface area contributed by atoms with Gasteiger partial charge in [-0.3, -0.25) is 4.79 Å². The van der Waals surface area contributed by atoms with Crippen LogP contribution in [0.2, 0.25) is 0 Å². The predicted octanol–water partition coefficient (Wildman–Crippen LogP) is 3.93. The first-order valence-corrected chi connectivity index (χ1v) is 7.65. The number of hydrogen-bond acceptors (Lipinski definition) is 2. The molecule has 2 aromatic carbocycles. The molecule has 2 aliphatic rings. The van der Waals surface area contributed by atoms with Gasteiger partial charge in [0.2, 0.25) is 0 Å². The Bertz CT molecular complexity index is 662. The van der Waals surface area contributed by atoms with Gasteiger partial charge in [0.15, 0.2) is 0 Å². The molecule has 1 aliphatic carbocycles. The Morgan fingerprint density at radius 2 is 1.76 bits per heavy atom. The van der Waals surface area contributed by atoms with Gasteiger partial charge in [0, 0.05) is 17.4 Å². The van der Waals surface area contributed by atoms with Crippen molar-refractivity contribution in [3.8, 4) is 5.75 Å². The van der Waals surface area contributed by atoms with Crippen LogP contribution in [-0.2, 0) is 4.79 Å². The lowest BCUT2D eigenvalue weighted by atomic mass is 9.86. The third-order valence-corrected chi connectivity index (χ3v) is 4.69. The van der Waals surface area contributed by atoms with Gasteiger partial charge in [-0.2, -0.15) is 0 Å². The molecule has 0 saturated heterocycles. The zero-order valence-corrected chi connectivity index (χ0v) is 11.9. The Labute approximate surface area is 124 Å². The molecule has 21 heavy (non-hydrogen) atoms. The molecule has 1 heterocycles. The van der Waals surface area contributed by atoms with Crippen LogP contribution in [0.3, 0.4) is 0 Å². The number of ketones is 1. The summed E-state index contributed by atoms with van der Waals surface area (Å²) < 4.78 is 5.66. The zero-order valence-electron chi connectivity index (χ0n) is 11.9. The van der Waals surface area contributed by atoms with Crippen LogP contribution < -0.4 is 4.74 Å². The monoisotopic (exact) mass is 278 g/mol. The normalized spacial score (nSPS) is 26.6. The Balaban J connectivity index is 1.55. The summed E-state index contributed by atoms with van der Waals surface area (Å²) in [5.74, 6) is 1.93. The molecule has 106 valence electrons. The van der Waals surface area contributed by atoms with E-state index in [4.69, 9.17) is 4.74 Å². The maximum absolute atomic E-state index is 12.9. The molecule has 2 aromatic rings. The molecule has 3 unspecified atom stereocenters. The van der Waals surface area contributed by atoms with Gasteiger partial charge in [-0.15, -0.1) is 0 Å². The number of carbonyl (C=O) groups excluding carboxylic acids is 1. The van der Waals surface area contributed by atoms with Crippen molar-refractivity contribution < 1.29 is 9.53 Å². The summed E-state index contributed by atoms with van der Waals surface area (Å²) >= 11 is 0. The van der Waals surface area contributed by atoms with Gasteiger partial charge < -0.3 is 4.74 Å². The lowest BCUT2D eigenvalue weighted by Gasteiger charge is -2.25. The number of hydrogen-bond donors (Lipinski definition) is 0. The molecular formula is C19H18O2. The summed E-state index contributed by atoms with van der Waals surface area (Å²) in [6.07, 6.45) is 1.82. The minimum atomic E-state index is 0.0219. The highest BCUT2D eigenvalue weighted by Gasteiger charge is 2.46. The van der Waals surface area contributed by atoms with Crippen molar-refractivity contribution in [2.45, 2.75) is 24.7 Å². The highest BCUT2D eigenvalue weighted by molar-refractivity contribution is 5.91. The molecular weight excluding hydrogens is 260 g/mol. The Hall–Kier alpha value is -2.09. The van der Waals surface area contributed by atoms with Crippen LogP contribution in [0.1, 0.15) is 35.8 Å². The summed E-state index contributed by atoms with van der Waals surface area (Å²) in [7, 11) is 0. The van der Waals surface area contributed by atoms with E-state index in [1.807, 2.05) is 30.3 Å². The third kappa shape index (κ3) is 2.25. The van der Waals surface area contributed by atoms with E-state index in [0.717, 1.165) is 24.2 Å². The second-order valence-corrected chi connectivity index (χ2v) is 5.99. The largest absolute Gasteiger partial charge is 0.493 e. The van der Waals surface area contributed by atoms with Crippen LogP contribution in [0, 0.1) is 5.92 Å². The second-order valence-electron chi connectivity index (χ2n) is 5.99. The number of fused-ring (bicyclic) bond motifs is 1. The smallest absolute Gasteiger partial charge is 0.144 e. The van der Waals surface area contributed by atoms with Gasteiger partial charge in [-0.1, -0.05) is 48.5 Å². The van der Waals surface area contributed by atoms with E-state index in [-0.39, 0.29) is 11.8 Å². The van der Waals surface area contributed by atoms with Crippen LogP contribution in [-0.4, -0.2) is 12.4 Å². The van der Waals surface area contributed by atoms with Crippen molar-refractivity contribution in [1.29, 1.82) is 0 Å². The van der Waals surface area contributed by atoms with Crippen molar-refractivity contribution in [2.24, 2.45) is 5.92 Å². The fourth-order valence-corrected chi connectivity index (χ4v) is 3.47. The highest BCUT2D eigenvalue weighted by atomic mass is 16.5. The molecule has 2 heteroatoms. The lowest BCUT2D eigenvalue weighted by Crippen LogP contribution is -2.22.